The van der Waals surface area contributed by atoms with Crippen LogP contribution in [0, 0.1) is 0 Å². The van der Waals surface area contributed by atoms with Gasteiger partial charge in [-0.05, 0) is 10.4 Å². The smallest absolute Gasteiger partial charge is 0.460 e. The van der Waals surface area contributed by atoms with Gasteiger partial charge in [-0.2, -0.15) is 40.5 Å². The Morgan fingerprint density at radius 2 is 1.83 bits per heavy atom. The van der Waals surface area contributed by atoms with Gasteiger partial charge in [0.1, 0.15) is 0 Å². The zero-order valence-corrected chi connectivity index (χ0v) is 11.1. The van der Waals surface area contributed by atoms with Crippen LogP contribution in [0.4, 0.5) is 36.7 Å². The molecule has 0 saturated heterocycles. The predicted molar refractivity (Wildman–Crippen MR) is 57.0 cm³/mol. The van der Waals surface area contributed by atoms with Crippen LogP contribution in [0.15, 0.2) is 5.10 Å². The van der Waals surface area contributed by atoms with Crippen LogP contribution >= 0.6 is 0 Å². The number of rotatable bonds is 3. The van der Waals surface area contributed by atoms with E-state index >= 15 is 0 Å². The molecule has 0 amide bonds. The van der Waals surface area contributed by atoms with Crippen molar-refractivity contribution in [3.05, 3.63) is 0 Å². The topological polar surface area (TPSA) is 115 Å². The number of alkyl halides is 7. The Morgan fingerprint density at radius 1 is 1.25 bits per heavy atom. The molecule has 2 heterocycles. The van der Waals surface area contributed by atoms with E-state index in [4.69, 9.17) is 0 Å². The van der Waals surface area contributed by atoms with Gasteiger partial charge in [-0.3, -0.25) is 0 Å². The van der Waals surface area contributed by atoms with E-state index in [0.29, 0.717) is 7.11 Å². The first-order valence-electron chi connectivity index (χ1n) is 5.58. The van der Waals surface area contributed by atoms with Crippen molar-refractivity contribution in [3.63, 3.8) is 0 Å². The van der Waals surface area contributed by atoms with E-state index in [0.717, 1.165) is 0 Å². The minimum atomic E-state index is -6.79. The highest BCUT2D eigenvalue weighted by Gasteiger charge is 2.83. The summed E-state index contributed by atoms with van der Waals surface area (Å²) in [4.78, 5) is 11.4. The lowest BCUT2D eigenvalue weighted by atomic mass is 9.93. The van der Waals surface area contributed by atoms with E-state index in [2.05, 4.69) is 25.4 Å². The van der Waals surface area contributed by atoms with Crippen molar-refractivity contribution < 1.29 is 45.4 Å². The lowest BCUT2D eigenvalue weighted by Gasteiger charge is -2.40. The molecule has 1 aliphatic rings. The molecule has 0 radical (unpaired) electrons. The summed E-state index contributed by atoms with van der Waals surface area (Å²) in [5, 5.41) is 21.2. The summed E-state index contributed by atoms with van der Waals surface area (Å²) in [6.07, 6.45) is -6.79. The number of aliphatic hydroxyl groups is 1. The maximum absolute atomic E-state index is 14.1. The number of carbonyl (C=O) groups is 1. The third-order valence-electron chi connectivity index (χ3n) is 2.94. The lowest BCUT2D eigenvalue weighted by molar-refractivity contribution is -0.391. The molecule has 0 aromatic carbocycles. The number of anilines is 1. The summed E-state index contributed by atoms with van der Waals surface area (Å²) in [5.74, 6) is -16.1. The summed E-state index contributed by atoms with van der Waals surface area (Å²) in [5.41, 5.74) is -4.89. The predicted octanol–water partition coefficient (Wildman–Crippen LogP) is 0.106. The van der Waals surface area contributed by atoms with Crippen LogP contribution in [0.2, 0.25) is 0 Å². The molecule has 0 spiro atoms. The molecule has 2 N–H and O–H groups in total. The van der Waals surface area contributed by atoms with Crippen LogP contribution in [0.5, 0.6) is 0 Å². The molecule has 2 rings (SSSR count). The Balaban J connectivity index is 2.76. The van der Waals surface area contributed by atoms with Gasteiger partial charge in [-0.1, -0.05) is 5.10 Å². The van der Waals surface area contributed by atoms with E-state index in [-0.39, 0.29) is 0 Å². The third-order valence-corrected chi connectivity index (χ3v) is 2.94. The molecule has 24 heavy (non-hydrogen) atoms. The van der Waals surface area contributed by atoms with Gasteiger partial charge in [0, 0.05) is 0 Å². The third kappa shape index (κ3) is 2.01. The summed E-state index contributed by atoms with van der Waals surface area (Å²) >= 11 is 0. The number of hydrogen-bond acceptors (Lipinski definition) is 8. The fourth-order valence-corrected chi connectivity index (χ4v) is 1.72. The number of carbonyl (C=O) groups excluding carboxylic acids is 1. The first-order valence-corrected chi connectivity index (χ1v) is 5.58. The largest absolute Gasteiger partial charge is 0.464 e. The second-order valence-corrected chi connectivity index (χ2v) is 4.30. The number of fused-ring (bicyclic) bond motifs is 1. The van der Waals surface area contributed by atoms with Crippen molar-refractivity contribution >= 4 is 17.6 Å². The van der Waals surface area contributed by atoms with Gasteiger partial charge in [-0.25, -0.2) is 10.2 Å². The fourth-order valence-electron chi connectivity index (χ4n) is 1.72. The van der Waals surface area contributed by atoms with Crippen molar-refractivity contribution in [2.24, 2.45) is 5.10 Å². The second-order valence-electron chi connectivity index (χ2n) is 4.30. The molecule has 1 unspecified atom stereocenters. The molecule has 0 saturated carbocycles. The normalized spacial score (nSPS) is 21.6. The molecule has 1 aromatic heterocycles. The molecule has 1 atom stereocenters. The molecule has 1 aliphatic heterocycles. The number of esters is 1. The van der Waals surface area contributed by atoms with Gasteiger partial charge in [0.2, 0.25) is 5.71 Å². The Kier molecular flexibility index (Phi) is 3.70. The maximum atomic E-state index is 14.1. The number of hydrazone groups is 1. The fraction of sp³-hybridized carbons (Fsp3) is 0.625. The minimum absolute atomic E-state index is 0.536. The van der Waals surface area contributed by atoms with Crippen LogP contribution in [0.3, 0.4) is 0 Å². The summed E-state index contributed by atoms with van der Waals surface area (Å²) in [7, 11) is 0.584. The van der Waals surface area contributed by atoms with Crippen molar-refractivity contribution in [2.45, 2.75) is 23.7 Å². The van der Waals surface area contributed by atoms with Crippen molar-refractivity contribution in [3.8, 4) is 0 Å². The Bertz CT molecular complexity index is 701. The maximum Gasteiger partial charge on any atom is 0.460 e. The van der Waals surface area contributed by atoms with Gasteiger partial charge in [0.15, 0.2) is 0 Å². The molecule has 0 aliphatic carbocycles. The van der Waals surface area contributed by atoms with Crippen LogP contribution in [-0.2, 0) is 15.3 Å². The van der Waals surface area contributed by atoms with E-state index in [1.54, 1.807) is 5.43 Å². The second kappa shape index (κ2) is 4.99. The van der Waals surface area contributed by atoms with Gasteiger partial charge >= 0.3 is 24.0 Å². The van der Waals surface area contributed by atoms with Crippen LogP contribution in [-0.4, -0.2) is 62.1 Å². The SMILES string of the molecule is COC(=O)C1=NNc2nnnn2C1(O)C(F)(F)C(F)(F)C(F)(F)F. The highest BCUT2D eigenvalue weighted by molar-refractivity contribution is 6.39. The van der Waals surface area contributed by atoms with E-state index in [1.807, 2.05) is 0 Å². The summed E-state index contributed by atoms with van der Waals surface area (Å²) in [6.45, 7) is 0. The number of nitrogens with zero attached hydrogens (tertiary/aromatic N) is 5. The lowest BCUT2D eigenvalue weighted by Crippen LogP contribution is -2.70. The molecule has 9 nitrogen and oxygen atoms in total. The van der Waals surface area contributed by atoms with Crippen molar-refractivity contribution in [2.75, 3.05) is 12.5 Å². The average molecular weight is 366 g/mol. The first kappa shape index (κ1) is 17.8. The quantitative estimate of drug-likeness (QED) is 0.576. The van der Waals surface area contributed by atoms with Gasteiger partial charge in [0.05, 0.1) is 7.11 Å². The molecular formula is C8H5F7N6O3. The van der Waals surface area contributed by atoms with E-state index < -0.39 is 46.1 Å². The molecule has 0 bridgehead atoms. The highest BCUT2D eigenvalue weighted by Crippen LogP contribution is 2.53. The number of ether oxygens (including phenoxy) is 1. The van der Waals surface area contributed by atoms with Crippen LogP contribution in [0.25, 0.3) is 0 Å². The molecular weight excluding hydrogens is 361 g/mol. The highest BCUT2D eigenvalue weighted by atomic mass is 19.4. The Labute approximate surface area is 126 Å². The molecule has 0 fully saturated rings. The number of methoxy groups -OCH3 is 1. The molecule has 16 heteroatoms. The van der Waals surface area contributed by atoms with Crippen molar-refractivity contribution in [1.82, 2.24) is 20.2 Å². The number of hydrogen-bond donors (Lipinski definition) is 2. The van der Waals surface area contributed by atoms with Crippen molar-refractivity contribution in [1.29, 1.82) is 0 Å². The number of halogens is 7. The standard InChI is InChI=1S/C8H5F7N6O3/c1-24-3(22)2-5(23,21-4(17-16-2)18-19-20-21)6(9,10)7(11,12)8(13,14)15/h23H,1H3,(H,17,18,20). The zero-order chi connectivity index (χ0) is 18.6. The Morgan fingerprint density at radius 3 is 2.33 bits per heavy atom. The summed E-state index contributed by atoms with van der Waals surface area (Å²) in [6, 6.07) is 0. The van der Waals surface area contributed by atoms with Crippen LogP contribution < -0.4 is 5.43 Å². The number of tetrazole rings is 1. The van der Waals surface area contributed by atoms with E-state index in [9.17, 15) is 40.6 Å². The number of aromatic nitrogens is 4. The molecule has 1 aromatic rings. The number of nitrogens with one attached hydrogen (secondary N) is 1. The molecule has 134 valence electrons. The first-order chi connectivity index (χ1) is 10.8. The van der Waals surface area contributed by atoms with Crippen LogP contribution in [0.1, 0.15) is 0 Å². The van der Waals surface area contributed by atoms with Gasteiger partial charge in [-0.15, -0.1) is 0 Å². The van der Waals surface area contributed by atoms with E-state index in [1.165, 1.54) is 0 Å². The van der Waals surface area contributed by atoms with Gasteiger partial charge in [0.25, 0.3) is 11.7 Å². The van der Waals surface area contributed by atoms with Gasteiger partial charge < -0.3 is 9.84 Å². The minimum Gasteiger partial charge on any atom is -0.464 e. The zero-order valence-electron chi connectivity index (χ0n) is 11.1. The average Bonchev–Trinajstić information content (AvgIpc) is 2.95. The monoisotopic (exact) mass is 366 g/mol. The Hall–Kier alpha value is -2.52. The summed E-state index contributed by atoms with van der Waals surface area (Å²) < 4.78 is 95.5.